The Kier molecular flexibility index (Phi) is 3.89. The van der Waals surface area contributed by atoms with E-state index in [1.165, 1.54) is 10.8 Å². The average Bonchev–Trinajstić information content (AvgIpc) is 2.17. The summed E-state index contributed by atoms with van der Waals surface area (Å²) in [5.74, 6) is 0. The molecule has 0 saturated carbocycles. The van der Waals surface area contributed by atoms with Gasteiger partial charge in [0.25, 0.3) is 0 Å². The summed E-state index contributed by atoms with van der Waals surface area (Å²) in [5, 5.41) is 6.67. The van der Waals surface area contributed by atoms with E-state index < -0.39 is 0 Å². The van der Waals surface area contributed by atoms with Gasteiger partial charge in [0.15, 0.2) is 0 Å². The van der Waals surface area contributed by atoms with Crippen molar-refractivity contribution in [2.24, 2.45) is 0 Å². The minimum absolute atomic E-state index is 0. The summed E-state index contributed by atoms with van der Waals surface area (Å²) in [6, 6.07) is 14.4. The molecule has 2 aromatic carbocycles. The smallest absolute Gasteiger partial charge is 0 e. The van der Waals surface area contributed by atoms with E-state index in [4.69, 9.17) is 0 Å². The molecule has 0 spiro atoms. The molecular weight excluding hydrogens is 235 g/mol. The summed E-state index contributed by atoms with van der Waals surface area (Å²) in [6.45, 7) is 0. The minimum atomic E-state index is 0. The number of hydrogen-bond donors (Lipinski definition) is 0. The van der Waals surface area contributed by atoms with Crippen LogP contribution < -0.4 is 0 Å². The summed E-state index contributed by atoms with van der Waals surface area (Å²) >= 11 is 0. The Morgan fingerprint density at radius 3 is 2.38 bits per heavy atom. The molecule has 0 heterocycles. The van der Waals surface area contributed by atoms with Crippen LogP contribution in [0, 0.1) is 0 Å². The Bertz CT molecular complexity index is 393. The van der Waals surface area contributed by atoms with Crippen LogP contribution in [0.25, 0.3) is 16.1 Å². The molecule has 0 unspecified atom stereocenters. The van der Waals surface area contributed by atoms with E-state index in [9.17, 15) is 0 Å². The SMILES string of the molecule is C[N-]c1cccc2ccccc12.[Y]. The van der Waals surface area contributed by atoms with Gasteiger partial charge >= 0.3 is 0 Å². The van der Waals surface area contributed by atoms with Crippen LogP contribution in [-0.2, 0) is 32.7 Å². The van der Waals surface area contributed by atoms with E-state index in [0.717, 1.165) is 5.69 Å². The predicted molar refractivity (Wildman–Crippen MR) is 52.9 cm³/mol. The Balaban J connectivity index is 0.000000845. The van der Waals surface area contributed by atoms with Gasteiger partial charge in [0.05, 0.1) is 0 Å². The van der Waals surface area contributed by atoms with Crippen molar-refractivity contribution in [3.05, 3.63) is 47.8 Å². The second-order valence-corrected chi connectivity index (χ2v) is 2.72. The van der Waals surface area contributed by atoms with E-state index in [-0.39, 0.29) is 32.7 Å². The number of fused-ring (bicyclic) bond motifs is 1. The topological polar surface area (TPSA) is 14.1 Å². The van der Waals surface area contributed by atoms with Gasteiger partial charge in [-0.1, -0.05) is 42.5 Å². The average molecular weight is 245 g/mol. The summed E-state index contributed by atoms with van der Waals surface area (Å²) in [4.78, 5) is 0. The summed E-state index contributed by atoms with van der Waals surface area (Å²) in [6.07, 6.45) is 0. The van der Waals surface area contributed by atoms with Crippen LogP contribution in [0.4, 0.5) is 5.69 Å². The number of benzene rings is 2. The summed E-state index contributed by atoms with van der Waals surface area (Å²) in [5.41, 5.74) is 1.06. The molecule has 0 aliphatic heterocycles. The molecule has 2 aromatic rings. The van der Waals surface area contributed by atoms with Crippen molar-refractivity contribution in [1.82, 2.24) is 0 Å². The number of nitrogens with zero attached hydrogens (tertiary/aromatic N) is 1. The van der Waals surface area contributed by atoms with Crippen LogP contribution in [-0.4, -0.2) is 7.05 Å². The van der Waals surface area contributed by atoms with Crippen molar-refractivity contribution < 1.29 is 32.7 Å². The predicted octanol–water partition coefficient (Wildman–Crippen LogP) is 3.47. The molecule has 0 bridgehead atoms. The molecule has 1 nitrogen and oxygen atoms in total. The molecular formula is C11H10NY-. The molecule has 0 fully saturated rings. The maximum Gasteiger partial charge on any atom is 0 e. The van der Waals surface area contributed by atoms with Crippen molar-refractivity contribution >= 4 is 16.5 Å². The molecule has 2 rings (SSSR count). The van der Waals surface area contributed by atoms with Gasteiger partial charge < -0.3 is 5.32 Å². The zero-order valence-electron chi connectivity index (χ0n) is 7.57. The van der Waals surface area contributed by atoms with Crippen LogP contribution in [0.15, 0.2) is 42.5 Å². The van der Waals surface area contributed by atoms with Crippen molar-refractivity contribution in [3.8, 4) is 0 Å². The van der Waals surface area contributed by atoms with Gasteiger partial charge in [0.1, 0.15) is 0 Å². The first kappa shape index (κ1) is 10.7. The zero-order valence-corrected chi connectivity index (χ0v) is 10.4. The van der Waals surface area contributed by atoms with E-state index in [1.807, 2.05) is 31.3 Å². The van der Waals surface area contributed by atoms with Crippen molar-refractivity contribution in [2.45, 2.75) is 0 Å². The Labute approximate surface area is 103 Å². The van der Waals surface area contributed by atoms with Gasteiger partial charge in [-0.3, -0.25) is 0 Å². The molecule has 0 aromatic heterocycles. The normalized spacial score (nSPS) is 9.31. The Morgan fingerprint density at radius 2 is 1.62 bits per heavy atom. The molecule has 0 aliphatic carbocycles. The quantitative estimate of drug-likeness (QED) is 0.730. The second kappa shape index (κ2) is 4.73. The van der Waals surface area contributed by atoms with Crippen molar-refractivity contribution in [2.75, 3.05) is 7.05 Å². The third kappa shape index (κ3) is 2.09. The minimum Gasteiger partial charge on any atom is -0.686 e. The van der Waals surface area contributed by atoms with Crippen LogP contribution in [0.5, 0.6) is 0 Å². The van der Waals surface area contributed by atoms with Gasteiger partial charge in [-0.15, -0.1) is 12.7 Å². The van der Waals surface area contributed by atoms with E-state index in [2.05, 4.69) is 23.5 Å². The molecule has 0 atom stereocenters. The fourth-order valence-electron chi connectivity index (χ4n) is 1.40. The first-order valence-electron chi connectivity index (χ1n) is 3.99. The molecule has 0 aliphatic rings. The van der Waals surface area contributed by atoms with Crippen LogP contribution in [0.2, 0.25) is 0 Å². The first-order chi connectivity index (χ1) is 5.92. The fraction of sp³-hybridized carbons (Fsp3) is 0.0909. The van der Waals surface area contributed by atoms with Crippen LogP contribution in [0.3, 0.4) is 0 Å². The Morgan fingerprint density at radius 1 is 0.923 bits per heavy atom. The number of hydrogen-bond acceptors (Lipinski definition) is 0. The maximum atomic E-state index is 4.20. The summed E-state index contributed by atoms with van der Waals surface area (Å²) < 4.78 is 0. The monoisotopic (exact) mass is 245 g/mol. The number of rotatable bonds is 1. The first-order valence-corrected chi connectivity index (χ1v) is 3.99. The van der Waals surface area contributed by atoms with Crippen molar-refractivity contribution in [1.29, 1.82) is 0 Å². The van der Waals surface area contributed by atoms with Gasteiger partial charge in [0.2, 0.25) is 0 Å². The molecule has 2 heteroatoms. The second-order valence-electron chi connectivity index (χ2n) is 2.72. The van der Waals surface area contributed by atoms with Crippen molar-refractivity contribution in [3.63, 3.8) is 0 Å². The zero-order chi connectivity index (χ0) is 8.39. The van der Waals surface area contributed by atoms with Gasteiger partial charge in [0, 0.05) is 32.7 Å². The van der Waals surface area contributed by atoms with Crippen LogP contribution in [0.1, 0.15) is 0 Å². The van der Waals surface area contributed by atoms with Gasteiger partial charge in [-0.05, 0) is 10.8 Å². The van der Waals surface area contributed by atoms with Gasteiger partial charge in [-0.25, -0.2) is 0 Å². The Hall–Kier alpha value is -0.396. The molecule has 0 N–H and O–H groups in total. The summed E-state index contributed by atoms with van der Waals surface area (Å²) in [7, 11) is 1.82. The molecule has 63 valence electrons. The van der Waals surface area contributed by atoms with E-state index >= 15 is 0 Å². The third-order valence-electron chi connectivity index (χ3n) is 2.01. The third-order valence-corrected chi connectivity index (χ3v) is 2.01. The maximum absolute atomic E-state index is 4.20. The van der Waals surface area contributed by atoms with Gasteiger partial charge in [-0.2, -0.15) is 0 Å². The van der Waals surface area contributed by atoms with Crippen LogP contribution >= 0.6 is 0 Å². The fourth-order valence-corrected chi connectivity index (χ4v) is 1.40. The van der Waals surface area contributed by atoms with E-state index in [0.29, 0.717) is 0 Å². The molecule has 1 radical (unpaired) electrons. The standard InChI is InChI=1S/C11H10N.Y/c1-12-11-8-4-6-9-5-2-3-7-10(9)11;/h2-8H,1H3;/q-1;. The van der Waals surface area contributed by atoms with E-state index in [1.54, 1.807) is 0 Å². The molecule has 0 saturated heterocycles. The molecule has 0 amide bonds. The molecule has 13 heavy (non-hydrogen) atoms. The largest absolute Gasteiger partial charge is 0.686 e.